The van der Waals surface area contributed by atoms with Crippen LogP contribution < -0.4 is 10.9 Å². The lowest BCUT2D eigenvalue weighted by Crippen LogP contribution is -2.32. The number of anilines is 1. The molecule has 0 aliphatic heterocycles. The Morgan fingerprint density at radius 3 is 2.47 bits per heavy atom. The second-order valence-electron chi connectivity index (χ2n) is 7.11. The zero-order valence-corrected chi connectivity index (χ0v) is 17.4. The summed E-state index contributed by atoms with van der Waals surface area (Å²) < 4.78 is 6.51. The largest absolute Gasteiger partial charge is 0.335 e. The topological polar surface area (TPSA) is 90.0 Å². The molecule has 1 N–H and O–H groups in total. The number of carbonyl (C=O) groups is 1. The van der Waals surface area contributed by atoms with Crippen molar-refractivity contribution in [3.8, 4) is 11.3 Å². The molecular formula is C22H19ClN4O3. The standard InChI is InChI=1S/C22H19ClN4O3/c1-12-5-4-6-13(2)18(12)25-20(28)14(3)27-11-24-21-17(22(27)29)19(26-30-21)15-7-9-16(23)10-8-15/h4-11,14H,1-3H3,(H,25,28)/t14-/m1/s1. The van der Waals surface area contributed by atoms with Crippen LogP contribution in [0.3, 0.4) is 0 Å². The van der Waals surface area contributed by atoms with Crippen molar-refractivity contribution < 1.29 is 9.32 Å². The van der Waals surface area contributed by atoms with Gasteiger partial charge in [-0.1, -0.05) is 47.1 Å². The maximum absolute atomic E-state index is 13.2. The Bertz CT molecular complexity index is 1290. The Kier molecular flexibility index (Phi) is 5.13. The first-order chi connectivity index (χ1) is 14.4. The minimum absolute atomic E-state index is 0.114. The average molecular weight is 423 g/mol. The van der Waals surface area contributed by atoms with Crippen LogP contribution in [0.4, 0.5) is 5.69 Å². The predicted octanol–water partition coefficient (Wildman–Crippen LogP) is 4.52. The number of amides is 1. The molecule has 2 heterocycles. The molecule has 4 rings (SSSR count). The van der Waals surface area contributed by atoms with Crippen LogP contribution in [0.1, 0.15) is 24.1 Å². The normalized spacial score (nSPS) is 12.1. The fourth-order valence-electron chi connectivity index (χ4n) is 3.30. The summed E-state index contributed by atoms with van der Waals surface area (Å²) in [5, 5.41) is 7.70. The number of rotatable bonds is 4. The number of aryl methyl sites for hydroxylation is 2. The summed E-state index contributed by atoms with van der Waals surface area (Å²) in [6.45, 7) is 5.48. The first-order valence-electron chi connectivity index (χ1n) is 9.36. The molecule has 0 aliphatic rings. The predicted molar refractivity (Wildman–Crippen MR) is 116 cm³/mol. The summed E-state index contributed by atoms with van der Waals surface area (Å²) in [7, 11) is 0. The number of aromatic nitrogens is 3. The molecule has 4 aromatic rings. The van der Waals surface area contributed by atoms with Crippen molar-refractivity contribution in [3.05, 3.63) is 75.3 Å². The van der Waals surface area contributed by atoms with Gasteiger partial charge in [0.1, 0.15) is 23.4 Å². The van der Waals surface area contributed by atoms with Crippen LogP contribution in [0.5, 0.6) is 0 Å². The van der Waals surface area contributed by atoms with E-state index in [9.17, 15) is 9.59 Å². The molecule has 2 aromatic heterocycles. The fourth-order valence-corrected chi connectivity index (χ4v) is 3.43. The fraction of sp³-hybridized carbons (Fsp3) is 0.182. The molecule has 0 fully saturated rings. The Balaban J connectivity index is 1.73. The molecule has 2 aromatic carbocycles. The molecule has 0 bridgehead atoms. The van der Waals surface area contributed by atoms with Gasteiger partial charge in [-0.05, 0) is 44.0 Å². The van der Waals surface area contributed by atoms with Crippen LogP contribution in [0.2, 0.25) is 5.02 Å². The monoisotopic (exact) mass is 422 g/mol. The number of fused-ring (bicyclic) bond motifs is 1. The lowest BCUT2D eigenvalue weighted by atomic mass is 10.1. The molecule has 8 heteroatoms. The zero-order valence-electron chi connectivity index (χ0n) is 16.6. The molecule has 1 amide bonds. The van der Waals surface area contributed by atoms with Gasteiger partial charge >= 0.3 is 0 Å². The second-order valence-corrected chi connectivity index (χ2v) is 7.54. The van der Waals surface area contributed by atoms with E-state index in [4.69, 9.17) is 16.1 Å². The summed E-state index contributed by atoms with van der Waals surface area (Å²) in [5.74, 6) is -0.319. The minimum Gasteiger partial charge on any atom is -0.335 e. The summed E-state index contributed by atoms with van der Waals surface area (Å²) in [6.07, 6.45) is 1.30. The summed E-state index contributed by atoms with van der Waals surface area (Å²) >= 11 is 5.95. The lowest BCUT2D eigenvalue weighted by molar-refractivity contribution is -0.118. The third-order valence-electron chi connectivity index (χ3n) is 5.07. The van der Waals surface area contributed by atoms with Gasteiger partial charge < -0.3 is 9.84 Å². The molecule has 0 saturated heterocycles. The highest BCUT2D eigenvalue weighted by Crippen LogP contribution is 2.26. The molecule has 0 unspecified atom stereocenters. The van der Waals surface area contributed by atoms with Crippen LogP contribution in [-0.2, 0) is 4.79 Å². The third-order valence-corrected chi connectivity index (χ3v) is 5.32. The van der Waals surface area contributed by atoms with Crippen LogP contribution in [-0.4, -0.2) is 20.6 Å². The number of carbonyl (C=O) groups excluding carboxylic acids is 1. The van der Waals surface area contributed by atoms with E-state index >= 15 is 0 Å². The molecular weight excluding hydrogens is 404 g/mol. The second kappa shape index (κ2) is 7.76. The average Bonchev–Trinajstić information content (AvgIpc) is 3.16. The third kappa shape index (κ3) is 3.48. The molecule has 1 atom stereocenters. The molecule has 0 saturated carbocycles. The van der Waals surface area contributed by atoms with Gasteiger partial charge in [-0.15, -0.1) is 0 Å². The quantitative estimate of drug-likeness (QED) is 0.522. The van der Waals surface area contributed by atoms with E-state index in [0.29, 0.717) is 16.3 Å². The Morgan fingerprint density at radius 2 is 1.80 bits per heavy atom. The van der Waals surface area contributed by atoms with Crippen molar-refractivity contribution in [1.29, 1.82) is 0 Å². The number of hydrogen-bond donors (Lipinski definition) is 1. The van der Waals surface area contributed by atoms with Crippen molar-refractivity contribution in [2.45, 2.75) is 26.8 Å². The highest BCUT2D eigenvalue weighted by atomic mass is 35.5. The molecule has 0 aliphatic carbocycles. The van der Waals surface area contributed by atoms with Crippen LogP contribution in [0.15, 0.2) is 58.1 Å². The molecule has 152 valence electrons. The Labute approximate surface area is 177 Å². The maximum atomic E-state index is 13.2. The Hall–Kier alpha value is -3.45. The van der Waals surface area contributed by atoms with Crippen molar-refractivity contribution in [2.75, 3.05) is 5.32 Å². The van der Waals surface area contributed by atoms with E-state index in [0.717, 1.165) is 16.8 Å². The van der Waals surface area contributed by atoms with E-state index in [1.807, 2.05) is 32.0 Å². The highest BCUT2D eigenvalue weighted by molar-refractivity contribution is 6.30. The Morgan fingerprint density at radius 1 is 1.13 bits per heavy atom. The molecule has 7 nitrogen and oxygen atoms in total. The number of hydrogen-bond acceptors (Lipinski definition) is 5. The highest BCUT2D eigenvalue weighted by Gasteiger charge is 2.23. The van der Waals surface area contributed by atoms with Crippen LogP contribution in [0, 0.1) is 13.8 Å². The van der Waals surface area contributed by atoms with Gasteiger partial charge in [-0.25, -0.2) is 4.98 Å². The summed E-state index contributed by atoms with van der Waals surface area (Å²) in [5.41, 5.74) is 3.36. The van der Waals surface area contributed by atoms with Crippen molar-refractivity contribution in [2.24, 2.45) is 0 Å². The van der Waals surface area contributed by atoms with Crippen LogP contribution >= 0.6 is 11.6 Å². The zero-order chi connectivity index (χ0) is 21.4. The van der Waals surface area contributed by atoms with E-state index in [1.165, 1.54) is 10.9 Å². The van der Waals surface area contributed by atoms with E-state index in [2.05, 4.69) is 15.5 Å². The molecule has 0 radical (unpaired) electrons. The van der Waals surface area contributed by atoms with Crippen molar-refractivity contribution in [3.63, 3.8) is 0 Å². The number of para-hydroxylation sites is 1. The van der Waals surface area contributed by atoms with E-state index in [-0.39, 0.29) is 17.0 Å². The van der Waals surface area contributed by atoms with Gasteiger partial charge in [0.25, 0.3) is 11.3 Å². The lowest BCUT2D eigenvalue weighted by Gasteiger charge is -2.17. The van der Waals surface area contributed by atoms with Crippen LogP contribution in [0.25, 0.3) is 22.4 Å². The van der Waals surface area contributed by atoms with Crippen molar-refractivity contribution >= 4 is 34.3 Å². The maximum Gasteiger partial charge on any atom is 0.267 e. The van der Waals surface area contributed by atoms with Gasteiger partial charge in [-0.2, -0.15) is 0 Å². The van der Waals surface area contributed by atoms with Gasteiger partial charge in [0.05, 0.1) is 0 Å². The van der Waals surface area contributed by atoms with Gasteiger partial charge in [-0.3, -0.25) is 14.2 Å². The number of nitrogens with one attached hydrogen (secondary N) is 1. The number of halogens is 1. The van der Waals surface area contributed by atoms with E-state index < -0.39 is 11.6 Å². The number of benzene rings is 2. The van der Waals surface area contributed by atoms with E-state index in [1.54, 1.807) is 31.2 Å². The molecule has 30 heavy (non-hydrogen) atoms. The smallest absolute Gasteiger partial charge is 0.267 e. The van der Waals surface area contributed by atoms with Gasteiger partial charge in [0, 0.05) is 16.3 Å². The summed E-state index contributed by atoms with van der Waals surface area (Å²) in [4.78, 5) is 30.3. The number of nitrogens with zero attached hydrogens (tertiary/aromatic N) is 3. The first kappa shape index (κ1) is 19.8. The SMILES string of the molecule is Cc1cccc(C)c1NC(=O)[C@@H](C)n1cnc2onc(-c3ccc(Cl)cc3)c2c1=O. The van der Waals surface area contributed by atoms with Gasteiger partial charge in [0.15, 0.2) is 0 Å². The first-order valence-corrected chi connectivity index (χ1v) is 9.74. The molecule has 0 spiro atoms. The van der Waals surface area contributed by atoms with Crippen molar-refractivity contribution in [1.82, 2.24) is 14.7 Å². The minimum atomic E-state index is -0.790. The summed E-state index contributed by atoms with van der Waals surface area (Å²) in [6, 6.07) is 11.9. The van der Waals surface area contributed by atoms with Gasteiger partial charge in [0.2, 0.25) is 5.91 Å².